The van der Waals surface area contributed by atoms with Crippen LogP contribution in [0.5, 0.6) is 0 Å². The zero-order chi connectivity index (χ0) is 22.1. The molecule has 2 amide bonds. The molecule has 2 heterocycles. The molecule has 1 saturated heterocycles. The van der Waals surface area contributed by atoms with Crippen LogP contribution in [-0.4, -0.2) is 51.3 Å². The van der Waals surface area contributed by atoms with Crippen molar-refractivity contribution >= 4 is 23.6 Å². The van der Waals surface area contributed by atoms with Crippen LogP contribution in [0.1, 0.15) is 32.8 Å². The van der Waals surface area contributed by atoms with Gasteiger partial charge in [0.05, 0.1) is 23.2 Å². The lowest BCUT2D eigenvalue weighted by Crippen LogP contribution is -2.48. The number of benzene rings is 1. The van der Waals surface area contributed by atoms with Gasteiger partial charge in [-0.1, -0.05) is 11.6 Å². The van der Waals surface area contributed by atoms with Gasteiger partial charge in [0, 0.05) is 13.0 Å². The van der Waals surface area contributed by atoms with Crippen molar-refractivity contribution in [3.8, 4) is 5.69 Å². The van der Waals surface area contributed by atoms with Gasteiger partial charge in [0.25, 0.3) is 0 Å². The summed E-state index contributed by atoms with van der Waals surface area (Å²) in [4.78, 5) is 30.5. The summed E-state index contributed by atoms with van der Waals surface area (Å²) in [6.07, 6.45) is 0.530. The minimum atomic E-state index is -1.21. The van der Waals surface area contributed by atoms with Crippen molar-refractivity contribution in [2.75, 3.05) is 6.54 Å². The van der Waals surface area contributed by atoms with E-state index in [0.717, 1.165) is 4.90 Å². The normalized spacial score (nSPS) is 19.0. The number of amides is 2. The first-order valence-corrected chi connectivity index (χ1v) is 9.73. The topological polar surface area (TPSA) is 91.2 Å². The van der Waals surface area contributed by atoms with Crippen molar-refractivity contribution in [3.63, 3.8) is 0 Å². The number of nitrogens with one attached hydrogen (secondary N) is 2. The Morgan fingerprint density at radius 1 is 1.40 bits per heavy atom. The number of carbonyl (C=O) groups excluding carboxylic acids is 2. The standard InChI is InChI=1S/C19H22ClF2N5O3/c1-19(2,3)30-18(29)26(17(28)14-6-11(21)7-24-14)8-12-15(27-10-23-9-25-27)5-4-13(20)16(12)22/h4-5,9-11,14,24H,6-8H2,1-3H3/p+1/t11-,14+/m1/s1. The summed E-state index contributed by atoms with van der Waals surface area (Å²) in [6, 6.07) is 1.97. The fourth-order valence-electron chi connectivity index (χ4n) is 3.10. The summed E-state index contributed by atoms with van der Waals surface area (Å²) < 4.78 is 35.4. The number of imide groups is 1. The van der Waals surface area contributed by atoms with E-state index in [1.54, 1.807) is 20.8 Å². The molecule has 11 heteroatoms. The fourth-order valence-corrected chi connectivity index (χ4v) is 3.27. The van der Waals surface area contributed by atoms with Gasteiger partial charge in [-0.25, -0.2) is 18.5 Å². The molecular formula is C19H23ClF2N5O3+. The van der Waals surface area contributed by atoms with E-state index in [-0.39, 0.29) is 23.6 Å². The third-order valence-corrected chi connectivity index (χ3v) is 4.75. The number of aromatic amines is 1. The number of nitrogens with zero attached hydrogens (tertiary/aromatic N) is 3. The number of rotatable bonds is 4. The van der Waals surface area contributed by atoms with Gasteiger partial charge in [-0.2, -0.15) is 5.10 Å². The number of hydrogen-bond donors (Lipinski definition) is 2. The molecule has 162 valence electrons. The molecule has 1 aromatic carbocycles. The Hall–Kier alpha value is -2.59. The van der Waals surface area contributed by atoms with Crippen LogP contribution in [0.2, 0.25) is 5.02 Å². The van der Waals surface area contributed by atoms with E-state index in [2.05, 4.69) is 15.4 Å². The summed E-state index contributed by atoms with van der Waals surface area (Å²) in [6.45, 7) is 4.47. The number of carbonyl (C=O) groups is 2. The first-order chi connectivity index (χ1) is 14.1. The largest absolute Gasteiger partial charge is 0.443 e. The van der Waals surface area contributed by atoms with Crippen LogP contribution in [0.3, 0.4) is 0 Å². The lowest BCUT2D eigenvalue weighted by molar-refractivity contribution is -0.657. The smallest absolute Gasteiger partial charge is 0.417 e. The van der Waals surface area contributed by atoms with Crippen molar-refractivity contribution in [2.45, 2.75) is 51.6 Å². The van der Waals surface area contributed by atoms with Crippen LogP contribution in [0, 0.1) is 5.82 Å². The molecule has 8 nitrogen and oxygen atoms in total. The van der Waals surface area contributed by atoms with Gasteiger partial charge >= 0.3 is 12.4 Å². The summed E-state index contributed by atoms with van der Waals surface area (Å²) in [7, 11) is 0. The molecule has 30 heavy (non-hydrogen) atoms. The van der Waals surface area contributed by atoms with Gasteiger partial charge in [-0.3, -0.25) is 4.79 Å². The molecule has 1 fully saturated rings. The van der Waals surface area contributed by atoms with E-state index in [9.17, 15) is 18.4 Å². The van der Waals surface area contributed by atoms with Crippen LogP contribution in [0.4, 0.5) is 13.6 Å². The second-order valence-corrected chi connectivity index (χ2v) is 8.36. The van der Waals surface area contributed by atoms with Crippen LogP contribution in [-0.2, 0) is 16.1 Å². The van der Waals surface area contributed by atoms with Crippen molar-refractivity contribution in [3.05, 3.63) is 41.2 Å². The van der Waals surface area contributed by atoms with Crippen molar-refractivity contribution < 1.29 is 27.8 Å². The molecule has 0 radical (unpaired) electrons. The van der Waals surface area contributed by atoms with E-state index in [1.165, 1.54) is 29.5 Å². The number of H-pyrrole nitrogens is 1. The Morgan fingerprint density at radius 2 is 2.13 bits per heavy atom. The molecule has 2 atom stereocenters. The van der Waals surface area contributed by atoms with Crippen LogP contribution < -0.4 is 10.00 Å². The van der Waals surface area contributed by atoms with Crippen molar-refractivity contribution in [2.24, 2.45) is 0 Å². The maximum atomic E-state index is 15.0. The molecule has 1 aliphatic heterocycles. The molecule has 3 rings (SSSR count). The van der Waals surface area contributed by atoms with Crippen LogP contribution in [0.25, 0.3) is 5.69 Å². The van der Waals surface area contributed by atoms with Gasteiger partial charge < -0.3 is 10.1 Å². The highest BCUT2D eigenvalue weighted by Gasteiger charge is 2.38. The highest BCUT2D eigenvalue weighted by Crippen LogP contribution is 2.25. The van der Waals surface area contributed by atoms with Crippen LogP contribution in [0.15, 0.2) is 24.8 Å². The minimum Gasteiger partial charge on any atom is -0.443 e. The van der Waals surface area contributed by atoms with Gasteiger partial charge in [-0.15, -0.1) is 4.68 Å². The highest BCUT2D eigenvalue weighted by atomic mass is 35.5. The quantitative estimate of drug-likeness (QED) is 0.710. The maximum absolute atomic E-state index is 15.0. The Morgan fingerprint density at radius 3 is 2.70 bits per heavy atom. The Balaban J connectivity index is 2.00. The average Bonchev–Trinajstić information content (AvgIpc) is 3.32. The molecule has 2 N–H and O–H groups in total. The molecule has 0 spiro atoms. The second-order valence-electron chi connectivity index (χ2n) is 7.95. The molecule has 1 aliphatic rings. The second kappa shape index (κ2) is 8.65. The first kappa shape index (κ1) is 22.1. The maximum Gasteiger partial charge on any atom is 0.417 e. The zero-order valence-corrected chi connectivity index (χ0v) is 17.5. The molecule has 0 bridgehead atoms. The van der Waals surface area contributed by atoms with Crippen molar-refractivity contribution in [1.29, 1.82) is 0 Å². The Bertz CT molecular complexity index is 933. The molecular weight excluding hydrogens is 420 g/mol. The highest BCUT2D eigenvalue weighted by molar-refractivity contribution is 6.30. The summed E-state index contributed by atoms with van der Waals surface area (Å²) in [5.74, 6) is -1.50. The van der Waals surface area contributed by atoms with E-state index >= 15 is 0 Å². The van der Waals surface area contributed by atoms with Gasteiger partial charge in [-0.05, 0) is 37.9 Å². The molecule has 0 unspecified atom stereocenters. The fraction of sp³-hybridized carbons (Fsp3) is 0.474. The number of halogens is 3. The number of aromatic nitrogens is 3. The summed E-state index contributed by atoms with van der Waals surface area (Å²) in [5.41, 5.74) is -0.612. The third-order valence-electron chi connectivity index (χ3n) is 4.46. The summed E-state index contributed by atoms with van der Waals surface area (Å²) >= 11 is 5.95. The van der Waals surface area contributed by atoms with E-state index in [1.807, 2.05) is 0 Å². The molecule has 1 aromatic heterocycles. The number of alkyl halides is 1. The summed E-state index contributed by atoms with van der Waals surface area (Å²) in [5, 5.41) is 5.36. The first-order valence-electron chi connectivity index (χ1n) is 9.36. The lowest BCUT2D eigenvalue weighted by Gasteiger charge is -2.28. The predicted octanol–water partition coefficient (Wildman–Crippen LogP) is 2.44. The molecule has 0 aliphatic carbocycles. The average molecular weight is 443 g/mol. The predicted molar refractivity (Wildman–Crippen MR) is 103 cm³/mol. The Kier molecular flexibility index (Phi) is 6.37. The van der Waals surface area contributed by atoms with Crippen molar-refractivity contribution in [1.82, 2.24) is 20.3 Å². The monoisotopic (exact) mass is 442 g/mol. The zero-order valence-electron chi connectivity index (χ0n) is 16.8. The SMILES string of the molecule is CC(C)(C)OC(=O)N(Cc1c(-[n+]2cnc[nH]2)ccc(Cl)c1F)C(=O)[C@@H]1C[C@@H](F)CN1. The van der Waals surface area contributed by atoms with Gasteiger partial charge in [0.15, 0.2) is 11.5 Å². The Labute approximate surface area is 177 Å². The third kappa shape index (κ3) is 4.93. The van der Waals surface area contributed by atoms with E-state index in [4.69, 9.17) is 16.3 Å². The molecule has 2 aromatic rings. The van der Waals surface area contributed by atoms with E-state index < -0.39 is 42.2 Å². The van der Waals surface area contributed by atoms with Gasteiger partial charge in [0.2, 0.25) is 12.2 Å². The van der Waals surface area contributed by atoms with Crippen LogP contribution >= 0.6 is 11.6 Å². The lowest BCUT2D eigenvalue weighted by atomic mass is 10.1. The minimum absolute atomic E-state index is 0.000657. The number of hydrogen-bond acceptors (Lipinski definition) is 5. The number of ether oxygens (including phenoxy) is 1. The molecule has 0 saturated carbocycles. The van der Waals surface area contributed by atoms with Gasteiger partial charge in [0.1, 0.15) is 11.8 Å². The van der Waals surface area contributed by atoms with E-state index in [0.29, 0.717) is 5.69 Å².